The summed E-state index contributed by atoms with van der Waals surface area (Å²) in [6, 6.07) is 8.14. The Bertz CT molecular complexity index is 870. The molecule has 0 aliphatic carbocycles. The third-order valence-corrected chi connectivity index (χ3v) is 6.09. The van der Waals surface area contributed by atoms with Crippen molar-refractivity contribution in [2.45, 2.75) is 24.3 Å². The molecule has 0 saturated carbocycles. The summed E-state index contributed by atoms with van der Waals surface area (Å²) in [5.41, 5.74) is 0.772. The van der Waals surface area contributed by atoms with Crippen LogP contribution in [0.2, 0.25) is 0 Å². The Kier molecular flexibility index (Phi) is 5.28. The number of hydrogen-bond donors (Lipinski definition) is 0. The summed E-state index contributed by atoms with van der Waals surface area (Å²) in [6.45, 7) is 2.47. The summed E-state index contributed by atoms with van der Waals surface area (Å²) in [6.07, 6.45) is 0.314. The Morgan fingerprint density at radius 1 is 1.08 bits per heavy atom. The molecule has 8 nitrogen and oxygen atoms in total. The van der Waals surface area contributed by atoms with Gasteiger partial charge in [0.05, 0.1) is 25.7 Å². The number of benzene rings is 1. The molecule has 1 aromatic heterocycles. The standard InChI is InChI=1S/C17H21N3O5S/c1-12-10-14(4-5-15(12)23-2)26(21,22)20-9-8-13(11-20)25-17-7-6-16(24-3)18-19-17/h4-7,10,13H,8-9,11H2,1-3H3. The fourth-order valence-electron chi connectivity index (χ4n) is 2.82. The highest BCUT2D eigenvalue weighted by Gasteiger charge is 2.34. The summed E-state index contributed by atoms with van der Waals surface area (Å²) in [4.78, 5) is 0.251. The molecule has 1 unspecified atom stereocenters. The van der Waals surface area contributed by atoms with Crippen LogP contribution in [0.4, 0.5) is 0 Å². The molecule has 9 heteroatoms. The van der Waals surface area contributed by atoms with Crippen LogP contribution in [0.3, 0.4) is 0 Å². The van der Waals surface area contributed by atoms with Crippen molar-refractivity contribution in [3.05, 3.63) is 35.9 Å². The first kappa shape index (κ1) is 18.4. The molecule has 1 fully saturated rings. The average Bonchev–Trinajstić information content (AvgIpc) is 3.11. The Balaban J connectivity index is 1.69. The summed E-state index contributed by atoms with van der Waals surface area (Å²) >= 11 is 0. The molecule has 1 aliphatic rings. The van der Waals surface area contributed by atoms with Crippen LogP contribution in [0.1, 0.15) is 12.0 Å². The first-order valence-corrected chi connectivity index (χ1v) is 9.57. The van der Waals surface area contributed by atoms with Crippen molar-refractivity contribution in [3.8, 4) is 17.5 Å². The molecular weight excluding hydrogens is 358 g/mol. The molecule has 1 saturated heterocycles. The van der Waals surface area contributed by atoms with Gasteiger partial charge in [-0.3, -0.25) is 0 Å². The third kappa shape index (κ3) is 3.73. The first-order chi connectivity index (χ1) is 12.4. The van der Waals surface area contributed by atoms with E-state index in [1.54, 1.807) is 37.4 Å². The van der Waals surface area contributed by atoms with E-state index in [2.05, 4.69) is 10.2 Å². The Morgan fingerprint density at radius 3 is 2.42 bits per heavy atom. The van der Waals surface area contributed by atoms with E-state index in [9.17, 15) is 8.42 Å². The topological polar surface area (TPSA) is 90.9 Å². The smallest absolute Gasteiger partial charge is 0.243 e. The maximum Gasteiger partial charge on any atom is 0.243 e. The van der Waals surface area contributed by atoms with Gasteiger partial charge in [0.2, 0.25) is 21.8 Å². The zero-order valence-corrected chi connectivity index (χ0v) is 15.7. The summed E-state index contributed by atoms with van der Waals surface area (Å²) in [7, 11) is -0.519. The first-order valence-electron chi connectivity index (χ1n) is 8.13. The van der Waals surface area contributed by atoms with E-state index in [-0.39, 0.29) is 17.5 Å². The molecule has 1 aliphatic heterocycles. The van der Waals surface area contributed by atoms with Crippen LogP contribution in [0, 0.1) is 6.92 Å². The summed E-state index contributed by atoms with van der Waals surface area (Å²) in [5.74, 6) is 1.39. The molecule has 2 aromatic rings. The van der Waals surface area contributed by atoms with Crippen LogP contribution in [-0.2, 0) is 10.0 Å². The summed E-state index contributed by atoms with van der Waals surface area (Å²) < 4.78 is 43.0. The molecule has 0 N–H and O–H groups in total. The van der Waals surface area contributed by atoms with Gasteiger partial charge in [-0.25, -0.2) is 8.42 Å². The SMILES string of the molecule is COc1ccc(OC2CCN(S(=O)(=O)c3ccc(OC)c(C)c3)C2)nn1. The fraction of sp³-hybridized carbons (Fsp3) is 0.412. The van der Waals surface area contributed by atoms with Crippen molar-refractivity contribution in [2.24, 2.45) is 0 Å². The lowest BCUT2D eigenvalue weighted by Crippen LogP contribution is -2.31. The largest absolute Gasteiger partial charge is 0.496 e. The average molecular weight is 379 g/mol. The van der Waals surface area contributed by atoms with E-state index in [1.807, 2.05) is 6.92 Å². The second-order valence-corrected chi connectivity index (χ2v) is 7.87. The van der Waals surface area contributed by atoms with Crippen LogP contribution >= 0.6 is 0 Å². The Hall–Kier alpha value is -2.39. The Morgan fingerprint density at radius 2 is 1.81 bits per heavy atom. The molecule has 1 aromatic carbocycles. The zero-order valence-electron chi connectivity index (χ0n) is 14.9. The monoisotopic (exact) mass is 379 g/mol. The minimum Gasteiger partial charge on any atom is -0.496 e. The van der Waals surface area contributed by atoms with Gasteiger partial charge in [-0.1, -0.05) is 0 Å². The van der Waals surface area contributed by atoms with Gasteiger partial charge < -0.3 is 14.2 Å². The van der Waals surface area contributed by atoms with Crippen molar-refractivity contribution in [1.82, 2.24) is 14.5 Å². The van der Waals surface area contributed by atoms with E-state index in [0.29, 0.717) is 30.5 Å². The van der Waals surface area contributed by atoms with Crippen LogP contribution in [-0.4, -0.2) is 56.3 Å². The predicted octanol–water partition coefficient (Wildman–Crippen LogP) is 1.64. The minimum atomic E-state index is -3.58. The molecule has 0 radical (unpaired) electrons. The second kappa shape index (κ2) is 7.46. The lowest BCUT2D eigenvalue weighted by Gasteiger charge is -2.17. The number of sulfonamides is 1. The highest BCUT2D eigenvalue weighted by Crippen LogP contribution is 2.27. The summed E-state index contributed by atoms with van der Waals surface area (Å²) in [5, 5.41) is 7.75. The number of aromatic nitrogens is 2. The Labute approximate surface area is 152 Å². The van der Waals surface area contributed by atoms with Crippen LogP contribution in [0.5, 0.6) is 17.5 Å². The molecule has 140 valence electrons. The molecular formula is C17H21N3O5S. The quantitative estimate of drug-likeness (QED) is 0.753. The van der Waals surface area contributed by atoms with Gasteiger partial charge in [-0.15, -0.1) is 10.2 Å². The van der Waals surface area contributed by atoms with Gasteiger partial charge in [-0.05, 0) is 37.1 Å². The van der Waals surface area contributed by atoms with Crippen molar-refractivity contribution in [3.63, 3.8) is 0 Å². The molecule has 1 atom stereocenters. The van der Waals surface area contributed by atoms with Crippen LogP contribution in [0.25, 0.3) is 0 Å². The van der Waals surface area contributed by atoms with Crippen molar-refractivity contribution < 1.29 is 22.6 Å². The number of ether oxygens (including phenoxy) is 3. The predicted molar refractivity (Wildman–Crippen MR) is 94.1 cm³/mol. The van der Waals surface area contributed by atoms with Gasteiger partial charge >= 0.3 is 0 Å². The third-order valence-electron chi connectivity index (χ3n) is 4.22. The van der Waals surface area contributed by atoms with Gasteiger partial charge in [0.15, 0.2) is 0 Å². The second-order valence-electron chi connectivity index (χ2n) is 5.94. The van der Waals surface area contributed by atoms with Gasteiger partial charge in [0.25, 0.3) is 0 Å². The normalized spacial score (nSPS) is 17.9. The zero-order chi connectivity index (χ0) is 18.7. The number of nitrogens with zero attached hydrogens (tertiary/aromatic N) is 3. The molecule has 2 heterocycles. The number of methoxy groups -OCH3 is 2. The molecule has 0 bridgehead atoms. The van der Waals surface area contributed by atoms with E-state index >= 15 is 0 Å². The van der Waals surface area contributed by atoms with Crippen molar-refractivity contribution >= 4 is 10.0 Å². The van der Waals surface area contributed by atoms with E-state index in [0.717, 1.165) is 5.56 Å². The molecule has 3 rings (SSSR count). The van der Waals surface area contributed by atoms with Crippen molar-refractivity contribution in [2.75, 3.05) is 27.3 Å². The van der Waals surface area contributed by atoms with E-state index in [1.165, 1.54) is 11.4 Å². The van der Waals surface area contributed by atoms with Crippen LogP contribution in [0.15, 0.2) is 35.2 Å². The highest BCUT2D eigenvalue weighted by atomic mass is 32.2. The number of rotatable bonds is 6. The number of hydrogen-bond acceptors (Lipinski definition) is 7. The highest BCUT2D eigenvalue weighted by molar-refractivity contribution is 7.89. The maximum absolute atomic E-state index is 12.9. The molecule has 26 heavy (non-hydrogen) atoms. The van der Waals surface area contributed by atoms with Gasteiger partial charge in [0, 0.05) is 18.7 Å². The van der Waals surface area contributed by atoms with E-state index < -0.39 is 10.0 Å². The number of aryl methyl sites for hydroxylation is 1. The lowest BCUT2D eigenvalue weighted by molar-refractivity contribution is 0.203. The van der Waals surface area contributed by atoms with Gasteiger partial charge in [0.1, 0.15) is 11.9 Å². The fourth-order valence-corrected chi connectivity index (χ4v) is 4.40. The van der Waals surface area contributed by atoms with E-state index in [4.69, 9.17) is 14.2 Å². The molecule has 0 amide bonds. The molecule has 0 spiro atoms. The minimum absolute atomic E-state index is 0.251. The van der Waals surface area contributed by atoms with Crippen LogP contribution < -0.4 is 14.2 Å². The maximum atomic E-state index is 12.9. The van der Waals surface area contributed by atoms with Gasteiger partial charge in [-0.2, -0.15) is 4.31 Å². The lowest BCUT2D eigenvalue weighted by atomic mass is 10.2. The van der Waals surface area contributed by atoms with Crippen molar-refractivity contribution in [1.29, 1.82) is 0 Å².